The molecular weight excluding hydrogens is 549 g/mol. The standard InChI is InChI=1S/C31H35F3N4O4/c32-15-11-21-6-8-23(9-7-21)42-27-26(35)29(40)38(20-36-27)19-30(41)13-16-37(17-14-30)28(39)24-10-12-31(33,34)18-25(24)22-4-2-1-3-5-22/h1-9,20,24-25,41H,10-19,35H2/t24-,25+/m1/s1. The molecule has 3 N–H and O–H groups in total. The molecule has 2 atom stereocenters. The number of anilines is 1. The quantitative estimate of drug-likeness (QED) is 0.397. The van der Waals surface area contributed by atoms with Crippen LogP contribution < -0.4 is 16.0 Å². The van der Waals surface area contributed by atoms with Crippen molar-refractivity contribution in [2.24, 2.45) is 5.92 Å². The molecule has 1 aromatic heterocycles. The predicted octanol–water partition coefficient (Wildman–Crippen LogP) is 4.70. The van der Waals surface area contributed by atoms with Crippen LogP contribution in [0.25, 0.3) is 0 Å². The van der Waals surface area contributed by atoms with Crippen molar-refractivity contribution in [1.29, 1.82) is 0 Å². The third-order valence-electron chi connectivity index (χ3n) is 8.40. The summed E-state index contributed by atoms with van der Waals surface area (Å²) in [4.78, 5) is 32.3. The first kappa shape index (κ1) is 29.6. The number of rotatable bonds is 8. The van der Waals surface area contributed by atoms with E-state index in [1.165, 1.54) is 10.9 Å². The lowest BCUT2D eigenvalue weighted by atomic mass is 9.73. The van der Waals surface area contributed by atoms with E-state index in [0.29, 0.717) is 12.2 Å². The number of amides is 1. The van der Waals surface area contributed by atoms with Gasteiger partial charge in [-0.25, -0.2) is 13.8 Å². The highest BCUT2D eigenvalue weighted by atomic mass is 19.3. The summed E-state index contributed by atoms with van der Waals surface area (Å²) in [7, 11) is 0. The Morgan fingerprint density at radius 2 is 1.76 bits per heavy atom. The van der Waals surface area contributed by atoms with Gasteiger partial charge in [-0.2, -0.15) is 0 Å². The topological polar surface area (TPSA) is 111 Å². The van der Waals surface area contributed by atoms with Crippen molar-refractivity contribution < 1.29 is 27.8 Å². The first-order chi connectivity index (χ1) is 20.1. The van der Waals surface area contributed by atoms with Gasteiger partial charge in [0.25, 0.3) is 5.56 Å². The second kappa shape index (κ2) is 12.2. The van der Waals surface area contributed by atoms with E-state index in [4.69, 9.17) is 10.5 Å². The first-order valence-corrected chi connectivity index (χ1v) is 14.2. The van der Waals surface area contributed by atoms with Crippen molar-refractivity contribution in [1.82, 2.24) is 14.5 Å². The second-order valence-electron chi connectivity index (χ2n) is 11.4. The number of aromatic nitrogens is 2. The summed E-state index contributed by atoms with van der Waals surface area (Å²) in [5.41, 5.74) is 5.47. The molecule has 2 heterocycles. The van der Waals surface area contributed by atoms with Gasteiger partial charge in [-0.05, 0) is 42.5 Å². The molecule has 224 valence electrons. The van der Waals surface area contributed by atoms with Crippen molar-refractivity contribution in [2.45, 2.75) is 62.5 Å². The van der Waals surface area contributed by atoms with Crippen molar-refractivity contribution >= 4 is 11.6 Å². The van der Waals surface area contributed by atoms with E-state index in [1.807, 2.05) is 6.07 Å². The van der Waals surface area contributed by atoms with Crippen LogP contribution in [0.15, 0.2) is 65.7 Å². The zero-order valence-electron chi connectivity index (χ0n) is 23.2. The number of halogens is 3. The van der Waals surface area contributed by atoms with Crippen LogP contribution in [0.5, 0.6) is 11.6 Å². The Morgan fingerprint density at radius 1 is 1.07 bits per heavy atom. The molecule has 0 unspecified atom stereocenters. The number of likely N-dealkylation sites (tertiary alicyclic amines) is 1. The number of alkyl halides is 3. The minimum atomic E-state index is -2.82. The Hall–Kier alpha value is -3.86. The minimum Gasteiger partial charge on any atom is -0.437 e. The van der Waals surface area contributed by atoms with E-state index in [2.05, 4.69) is 4.98 Å². The van der Waals surface area contributed by atoms with E-state index in [-0.39, 0.29) is 69.2 Å². The summed E-state index contributed by atoms with van der Waals surface area (Å²) in [6.45, 7) is -0.0715. The van der Waals surface area contributed by atoms with Gasteiger partial charge in [0, 0.05) is 44.2 Å². The maximum absolute atomic E-state index is 14.3. The third-order valence-corrected chi connectivity index (χ3v) is 8.40. The summed E-state index contributed by atoms with van der Waals surface area (Å²) in [5, 5.41) is 11.3. The SMILES string of the molecule is Nc1c(Oc2ccc(CCF)cc2)ncn(CC2(O)CCN(C(=O)[C@@H]3CCC(F)(F)C[C@H]3c3ccccc3)CC2)c1=O. The van der Waals surface area contributed by atoms with Crippen molar-refractivity contribution in [3.63, 3.8) is 0 Å². The van der Waals surface area contributed by atoms with Crippen LogP contribution in [0.2, 0.25) is 0 Å². The van der Waals surface area contributed by atoms with Gasteiger partial charge < -0.3 is 20.5 Å². The number of piperidine rings is 1. The van der Waals surface area contributed by atoms with Crippen LogP contribution in [-0.4, -0.2) is 56.8 Å². The molecule has 5 rings (SSSR count). The molecule has 1 aliphatic heterocycles. The highest BCUT2D eigenvalue weighted by Crippen LogP contribution is 2.46. The van der Waals surface area contributed by atoms with Crippen LogP contribution in [0, 0.1) is 5.92 Å². The van der Waals surface area contributed by atoms with Gasteiger partial charge in [0.15, 0.2) is 5.69 Å². The van der Waals surface area contributed by atoms with Gasteiger partial charge in [-0.1, -0.05) is 42.5 Å². The summed E-state index contributed by atoms with van der Waals surface area (Å²) >= 11 is 0. The zero-order chi connectivity index (χ0) is 29.9. The largest absolute Gasteiger partial charge is 0.437 e. The molecule has 1 amide bonds. The molecule has 0 spiro atoms. The van der Waals surface area contributed by atoms with Crippen molar-refractivity contribution in [3.8, 4) is 11.6 Å². The molecule has 2 aliphatic rings. The summed E-state index contributed by atoms with van der Waals surface area (Å²) in [6, 6.07) is 15.7. The number of carbonyl (C=O) groups excluding carboxylic acids is 1. The average Bonchev–Trinajstić information content (AvgIpc) is 2.98. The number of benzene rings is 2. The number of aliphatic hydroxyl groups is 1. The van der Waals surface area contributed by atoms with Gasteiger partial charge in [0.2, 0.25) is 17.7 Å². The molecule has 1 saturated heterocycles. The molecule has 2 fully saturated rings. The maximum Gasteiger partial charge on any atom is 0.280 e. The second-order valence-corrected chi connectivity index (χ2v) is 11.4. The van der Waals surface area contributed by atoms with Crippen LogP contribution in [0.4, 0.5) is 18.9 Å². The lowest BCUT2D eigenvalue weighted by Gasteiger charge is -2.42. The molecule has 42 heavy (non-hydrogen) atoms. The van der Waals surface area contributed by atoms with Crippen LogP contribution in [0.1, 0.15) is 49.1 Å². The summed E-state index contributed by atoms with van der Waals surface area (Å²) in [6.07, 6.45) is 1.36. The normalized spacial score (nSPS) is 21.6. The highest BCUT2D eigenvalue weighted by molar-refractivity contribution is 5.80. The molecule has 3 aromatic rings. The Bertz CT molecular complexity index is 1440. The number of nitrogen functional groups attached to an aromatic ring is 1. The number of nitrogens with two attached hydrogens (primary N) is 1. The highest BCUT2D eigenvalue weighted by Gasteiger charge is 2.46. The fourth-order valence-corrected chi connectivity index (χ4v) is 5.96. The van der Waals surface area contributed by atoms with Crippen LogP contribution >= 0.6 is 0 Å². The Balaban J connectivity index is 1.22. The molecule has 0 bridgehead atoms. The van der Waals surface area contributed by atoms with E-state index in [0.717, 1.165) is 11.1 Å². The fourth-order valence-electron chi connectivity index (χ4n) is 5.96. The molecule has 0 radical (unpaired) electrons. The van der Waals surface area contributed by atoms with Gasteiger partial charge in [0.05, 0.1) is 18.8 Å². The Labute approximate surface area is 241 Å². The minimum absolute atomic E-state index is 0.0760. The maximum atomic E-state index is 14.3. The Morgan fingerprint density at radius 3 is 2.43 bits per heavy atom. The number of ether oxygens (including phenoxy) is 1. The molecule has 11 heteroatoms. The van der Waals surface area contributed by atoms with Gasteiger partial charge >= 0.3 is 0 Å². The number of nitrogens with zero attached hydrogens (tertiary/aromatic N) is 3. The monoisotopic (exact) mass is 584 g/mol. The lowest BCUT2D eigenvalue weighted by molar-refractivity contribution is -0.145. The molecule has 8 nitrogen and oxygen atoms in total. The molecule has 1 aliphatic carbocycles. The van der Waals surface area contributed by atoms with E-state index in [1.54, 1.807) is 53.4 Å². The van der Waals surface area contributed by atoms with Gasteiger partial charge in [-0.3, -0.25) is 18.5 Å². The van der Waals surface area contributed by atoms with Gasteiger partial charge in [-0.15, -0.1) is 0 Å². The summed E-state index contributed by atoms with van der Waals surface area (Å²) in [5.74, 6) is -3.82. The lowest BCUT2D eigenvalue weighted by Crippen LogP contribution is -2.52. The fraction of sp³-hybridized carbons (Fsp3) is 0.452. The third kappa shape index (κ3) is 6.61. The van der Waals surface area contributed by atoms with Crippen molar-refractivity contribution in [3.05, 3.63) is 82.4 Å². The Kier molecular flexibility index (Phi) is 8.58. The van der Waals surface area contributed by atoms with E-state index < -0.39 is 35.6 Å². The van der Waals surface area contributed by atoms with Crippen molar-refractivity contribution in [2.75, 3.05) is 25.5 Å². The average molecular weight is 585 g/mol. The van der Waals surface area contributed by atoms with Gasteiger partial charge in [0.1, 0.15) is 12.1 Å². The predicted molar refractivity (Wildman–Crippen MR) is 151 cm³/mol. The zero-order valence-corrected chi connectivity index (χ0v) is 23.2. The smallest absolute Gasteiger partial charge is 0.280 e. The first-order valence-electron chi connectivity index (χ1n) is 14.2. The number of hydrogen-bond donors (Lipinski definition) is 2. The van der Waals surface area contributed by atoms with E-state index in [9.17, 15) is 27.9 Å². The number of aryl methyl sites for hydroxylation is 1. The molecular formula is C31H35F3N4O4. The molecule has 2 aromatic carbocycles. The molecule has 1 saturated carbocycles. The van der Waals surface area contributed by atoms with E-state index >= 15 is 0 Å². The number of hydrogen-bond acceptors (Lipinski definition) is 6. The summed E-state index contributed by atoms with van der Waals surface area (Å²) < 4.78 is 48.1. The van der Waals surface area contributed by atoms with Crippen LogP contribution in [-0.2, 0) is 17.8 Å². The number of carbonyl (C=O) groups is 1. The van der Waals surface area contributed by atoms with Crippen LogP contribution in [0.3, 0.4) is 0 Å².